The van der Waals surface area contributed by atoms with Crippen molar-refractivity contribution in [2.75, 3.05) is 25.1 Å². The molecule has 0 saturated heterocycles. The molecular formula is C22H23BrN2O4. The number of hydrogen-bond acceptors (Lipinski definition) is 5. The number of carbonyl (C=O) groups is 1. The van der Waals surface area contributed by atoms with Crippen molar-refractivity contribution in [3.05, 3.63) is 52.0 Å². The van der Waals surface area contributed by atoms with E-state index in [1.807, 2.05) is 26.8 Å². The molecule has 0 aliphatic heterocycles. The summed E-state index contributed by atoms with van der Waals surface area (Å²) in [5, 5.41) is 12.2. The van der Waals surface area contributed by atoms with E-state index in [9.17, 15) is 10.1 Å². The summed E-state index contributed by atoms with van der Waals surface area (Å²) >= 11 is 3.46. The zero-order valence-corrected chi connectivity index (χ0v) is 18.2. The average molecular weight is 459 g/mol. The van der Waals surface area contributed by atoms with Crippen molar-refractivity contribution >= 4 is 33.6 Å². The minimum absolute atomic E-state index is 0.0359. The van der Waals surface area contributed by atoms with Gasteiger partial charge in [0.2, 0.25) is 0 Å². The Bertz CT molecular complexity index is 918. The van der Waals surface area contributed by atoms with Crippen molar-refractivity contribution in [1.29, 1.82) is 5.26 Å². The minimum atomic E-state index is -0.504. The Morgan fingerprint density at radius 1 is 1.03 bits per heavy atom. The molecular weight excluding hydrogens is 436 g/mol. The number of nitrogens with zero attached hydrogens (tertiary/aromatic N) is 1. The fourth-order valence-electron chi connectivity index (χ4n) is 2.50. The number of hydrogen-bond donors (Lipinski definition) is 1. The van der Waals surface area contributed by atoms with Crippen molar-refractivity contribution in [2.45, 2.75) is 20.8 Å². The van der Waals surface area contributed by atoms with Crippen LogP contribution in [-0.4, -0.2) is 25.7 Å². The molecule has 152 valence electrons. The van der Waals surface area contributed by atoms with Crippen LogP contribution in [0.5, 0.6) is 17.2 Å². The molecule has 0 bridgehead atoms. The van der Waals surface area contributed by atoms with E-state index in [4.69, 9.17) is 14.2 Å². The van der Waals surface area contributed by atoms with Crippen LogP contribution < -0.4 is 19.5 Å². The number of benzene rings is 2. The van der Waals surface area contributed by atoms with Crippen molar-refractivity contribution in [1.82, 2.24) is 0 Å². The number of nitriles is 1. The first-order chi connectivity index (χ1) is 14.0. The fourth-order valence-corrected chi connectivity index (χ4v) is 2.94. The first-order valence-corrected chi connectivity index (χ1v) is 10.1. The van der Waals surface area contributed by atoms with E-state index >= 15 is 0 Å². The van der Waals surface area contributed by atoms with E-state index in [0.717, 1.165) is 0 Å². The molecule has 0 aromatic heterocycles. The van der Waals surface area contributed by atoms with Crippen LogP contribution in [0.1, 0.15) is 26.3 Å². The van der Waals surface area contributed by atoms with Gasteiger partial charge in [0.05, 0.1) is 19.8 Å². The van der Waals surface area contributed by atoms with Gasteiger partial charge in [-0.25, -0.2) is 0 Å². The summed E-state index contributed by atoms with van der Waals surface area (Å²) in [6, 6.07) is 12.4. The van der Waals surface area contributed by atoms with E-state index < -0.39 is 5.91 Å². The lowest BCUT2D eigenvalue weighted by molar-refractivity contribution is -0.112. The molecule has 1 amide bonds. The van der Waals surface area contributed by atoms with Gasteiger partial charge in [-0.3, -0.25) is 4.79 Å². The molecule has 0 aliphatic carbocycles. The summed E-state index contributed by atoms with van der Waals surface area (Å²) in [6.45, 7) is 7.18. The highest BCUT2D eigenvalue weighted by molar-refractivity contribution is 9.10. The molecule has 0 heterocycles. The van der Waals surface area contributed by atoms with Crippen molar-refractivity contribution < 1.29 is 19.0 Å². The Morgan fingerprint density at radius 3 is 2.17 bits per heavy atom. The molecule has 6 nitrogen and oxygen atoms in total. The molecule has 29 heavy (non-hydrogen) atoms. The van der Waals surface area contributed by atoms with Crippen molar-refractivity contribution in [2.24, 2.45) is 0 Å². The lowest BCUT2D eigenvalue weighted by Gasteiger charge is -2.13. The first kappa shape index (κ1) is 22.3. The molecule has 2 aromatic rings. The van der Waals surface area contributed by atoms with Crippen LogP contribution in [0.25, 0.3) is 6.08 Å². The number of rotatable bonds is 9. The molecule has 0 spiro atoms. The highest BCUT2D eigenvalue weighted by Crippen LogP contribution is 2.35. The van der Waals surface area contributed by atoms with E-state index in [1.54, 1.807) is 36.4 Å². The van der Waals surface area contributed by atoms with Gasteiger partial charge in [-0.2, -0.15) is 5.26 Å². The van der Waals surface area contributed by atoms with Crippen molar-refractivity contribution in [3.8, 4) is 23.3 Å². The van der Waals surface area contributed by atoms with Crippen LogP contribution in [0, 0.1) is 11.3 Å². The first-order valence-electron chi connectivity index (χ1n) is 9.27. The van der Waals surface area contributed by atoms with Gasteiger partial charge in [0.15, 0.2) is 11.5 Å². The van der Waals surface area contributed by atoms with Crippen LogP contribution in [0.2, 0.25) is 0 Å². The third-order valence-corrected chi connectivity index (χ3v) is 4.44. The maximum Gasteiger partial charge on any atom is 0.266 e. The molecule has 2 aromatic carbocycles. The maximum atomic E-state index is 12.5. The molecule has 1 N–H and O–H groups in total. The zero-order chi connectivity index (χ0) is 21.2. The predicted molar refractivity (Wildman–Crippen MR) is 116 cm³/mol. The second kappa shape index (κ2) is 11.1. The van der Waals surface area contributed by atoms with Gasteiger partial charge in [-0.05, 0) is 68.8 Å². The third-order valence-electron chi connectivity index (χ3n) is 3.75. The summed E-state index contributed by atoms with van der Waals surface area (Å²) in [4.78, 5) is 12.5. The molecule has 0 radical (unpaired) electrons. The molecule has 2 rings (SSSR count). The second-order valence-electron chi connectivity index (χ2n) is 5.77. The smallest absolute Gasteiger partial charge is 0.266 e. The van der Waals surface area contributed by atoms with Crippen LogP contribution in [0.15, 0.2) is 46.4 Å². The minimum Gasteiger partial charge on any atom is -0.494 e. The lowest BCUT2D eigenvalue weighted by atomic mass is 10.1. The molecule has 0 unspecified atom stereocenters. The number of ether oxygens (including phenoxy) is 3. The Hall–Kier alpha value is -2.98. The Morgan fingerprint density at radius 2 is 1.62 bits per heavy atom. The van der Waals surface area contributed by atoms with Gasteiger partial charge in [0, 0.05) is 10.2 Å². The standard InChI is InChI=1S/C22H23BrN2O4/c1-4-27-18-9-7-17(8-10-18)25-22(26)16(14-24)11-15-12-20(28-5-2)21(29-6-3)13-19(15)23/h7-13H,4-6H2,1-3H3,(H,25,26)/b16-11+. The van der Waals surface area contributed by atoms with Gasteiger partial charge >= 0.3 is 0 Å². The average Bonchev–Trinajstić information content (AvgIpc) is 2.71. The maximum absolute atomic E-state index is 12.5. The normalized spacial score (nSPS) is 10.8. The molecule has 0 atom stereocenters. The van der Waals surface area contributed by atoms with Gasteiger partial charge in [-0.15, -0.1) is 0 Å². The number of amides is 1. The van der Waals surface area contributed by atoms with Crippen molar-refractivity contribution in [3.63, 3.8) is 0 Å². The second-order valence-corrected chi connectivity index (χ2v) is 6.62. The van der Waals surface area contributed by atoms with Gasteiger partial charge in [0.25, 0.3) is 5.91 Å². The third kappa shape index (κ3) is 6.26. The Kier molecular flexibility index (Phi) is 8.56. The molecule has 0 saturated carbocycles. The molecule has 0 fully saturated rings. The van der Waals surface area contributed by atoms with Crippen LogP contribution in [0.3, 0.4) is 0 Å². The lowest BCUT2D eigenvalue weighted by Crippen LogP contribution is -2.13. The van der Waals surface area contributed by atoms with E-state index in [1.165, 1.54) is 6.08 Å². The number of anilines is 1. The predicted octanol–water partition coefficient (Wildman–Crippen LogP) is 5.19. The zero-order valence-electron chi connectivity index (χ0n) is 16.6. The monoisotopic (exact) mass is 458 g/mol. The molecule has 0 aliphatic rings. The summed E-state index contributed by atoms with van der Waals surface area (Å²) in [5.41, 5.74) is 1.17. The highest BCUT2D eigenvalue weighted by Gasteiger charge is 2.14. The summed E-state index contributed by atoms with van der Waals surface area (Å²) < 4.78 is 17.3. The number of halogens is 1. The summed E-state index contributed by atoms with van der Waals surface area (Å²) in [6.07, 6.45) is 1.51. The largest absolute Gasteiger partial charge is 0.494 e. The van der Waals surface area contributed by atoms with E-state index in [0.29, 0.717) is 52.8 Å². The summed E-state index contributed by atoms with van der Waals surface area (Å²) in [7, 11) is 0. The van der Waals surface area contributed by atoms with E-state index in [-0.39, 0.29) is 5.57 Å². The van der Waals surface area contributed by atoms with Gasteiger partial charge in [0.1, 0.15) is 17.4 Å². The topological polar surface area (TPSA) is 80.6 Å². The SMILES string of the molecule is CCOc1ccc(NC(=O)/C(C#N)=C/c2cc(OCC)c(OCC)cc2Br)cc1. The van der Waals surface area contributed by atoms with Gasteiger partial charge < -0.3 is 19.5 Å². The molecule has 7 heteroatoms. The Labute approximate surface area is 179 Å². The fraction of sp³-hybridized carbons (Fsp3) is 0.273. The number of carbonyl (C=O) groups excluding carboxylic acids is 1. The van der Waals surface area contributed by atoms with Crippen LogP contribution in [0.4, 0.5) is 5.69 Å². The number of nitrogens with one attached hydrogen (secondary N) is 1. The summed E-state index contributed by atoms with van der Waals surface area (Å²) in [5.74, 6) is 1.35. The van der Waals surface area contributed by atoms with Crippen LogP contribution in [-0.2, 0) is 4.79 Å². The van der Waals surface area contributed by atoms with Gasteiger partial charge in [-0.1, -0.05) is 15.9 Å². The highest BCUT2D eigenvalue weighted by atomic mass is 79.9. The van der Waals surface area contributed by atoms with Crippen LogP contribution >= 0.6 is 15.9 Å². The van der Waals surface area contributed by atoms with E-state index in [2.05, 4.69) is 21.2 Å². The Balaban J connectivity index is 2.26. The quantitative estimate of drug-likeness (QED) is 0.412.